The third-order valence-corrected chi connectivity index (χ3v) is 8.37. The lowest BCUT2D eigenvalue weighted by Crippen LogP contribution is -2.49. The molecule has 204 valence electrons. The fourth-order valence-corrected chi connectivity index (χ4v) is 5.49. The maximum atomic E-state index is 12.0. The van der Waals surface area contributed by atoms with Gasteiger partial charge in [-0.3, -0.25) is 20.0 Å². The van der Waals surface area contributed by atoms with Crippen LogP contribution in [-0.4, -0.2) is 52.1 Å². The first-order valence-electron chi connectivity index (χ1n) is 12.6. The Morgan fingerprint density at radius 2 is 1.92 bits per heavy atom. The first-order chi connectivity index (χ1) is 18.7. The number of amides is 3. The summed E-state index contributed by atoms with van der Waals surface area (Å²) >= 11 is 8.08. The van der Waals surface area contributed by atoms with Gasteiger partial charge in [0.25, 0.3) is 0 Å². The van der Waals surface area contributed by atoms with Gasteiger partial charge in [0.15, 0.2) is 5.82 Å². The molecule has 13 heteroatoms. The van der Waals surface area contributed by atoms with Crippen molar-refractivity contribution in [3.63, 3.8) is 0 Å². The van der Waals surface area contributed by atoms with Crippen LogP contribution >= 0.6 is 23.4 Å². The lowest BCUT2D eigenvalue weighted by molar-refractivity contribution is -0.120. The molecule has 3 amide bonds. The zero-order chi connectivity index (χ0) is 27.6. The minimum atomic E-state index is -0.439. The van der Waals surface area contributed by atoms with Crippen molar-refractivity contribution in [2.24, 2.45) is 5.73 Å². The minimum absolute atomic E-state index is 0.144. The molecule has 2 aliphatic heterocycles. The van der Waals surface area contributed by atoms with Crippen LogP contribution < -0.4 is 31.9 Å². The third kappa shape index (κ3) is 6.35. The Morgan fingerprint density at radius 1 is 1.13 bits per heavy atom. The van der Waals surface area contributed by atoms with Gasteiger partial charge in [0.1, 0.15) is 10.8 Å². The van der Waals surface area contributed by atoms with E-state index in [0.717, 1.165) is 48.0 Å². The Kier molecular flexibility index (Phi) is 7.78. The van der Waals surface area contributed by atoms with E-state index in [1.54, 1.807) is 18.5 Å². The number of nitrogens with one attached hydrogen (secondary N) is 2. The Balaban J connectivity index is 1.21. The van der Waals surface area contributed by atoms with Crippen LogP contribution in [0.4, 0.5) is 27.8 Å². The molecule has 0 unspecified atom stereocenters. The number of halogens is 1. The second-order valence-corrected chi connectivity index (χ2v) is 11.3. The van der Waals surface area contributed by atoms with Crippen LogP contribution in [0.3, 0.4) is 0 Å². The van der Waals surface area contributed by atoms with Crippen LogP contribution in [0.25, 0.3) is 0 Å². The van der Waals surface area contributed by atoms with E-state index in [-0.39, 0.29) is 17.9 Å². The van der Waals surface area contributed by atoms with Gasteiger partial charge in [-0.25, -0.2) is 14.8 Å². The van der Waals surface area contributed by atoms with Gasteiger partial charge in [-0.2, -0.15) is 0 Å². The molecule has 6 N–H and O–H groups in total. The molecule has 2 aliphatic rings. The van der Waals surface area contributed by atoms with E-state index in [4.69, 9.17) is 23.1 Å². The van der Waals surface area contributed by atoms with Gasteiger partial charge in [0.05, 0.1) is 41.0 Å². The highest BCUT2D eigenvalue weighted by atomic mass is 35.5. The van der Waals surface area contributed by atoms with E-state index in [9.17, 15) is 9.59 Å². The number of nitrogens with two attached hydrogens (primary N) is 2. The molecule has 11 nitrogen and oxygen atoms in total. The number of nitrogen functional groups attached to an aromatic ring is 1. The molecule has 0 atom stereocenters. The molecule has 0 saturated carbocycles. The summed E-state index contributed by atoms with van der Waals surface area (Å²) in [5, 5.41) is 6.75. The second kappa shape index (κ2) is 11.2. The Morgan fingerprint density at radius 3 is 2.62 bits per heavy atom. The Bertz CT molecular complexity index is 1380. The number of carbonyl (C=O) groups excluding carboxylic acids is 2. The monoisotopic (exact) mass is 567 g/mol. The van der Waals surface area contributed by atoms with Gasteiger partial charge in [0.2, 0.25) is 5.91 Å². The number of hydrogen-bond acceptors (Lipinski definition) is 10. The topological polar surface area (TPSA) is 155 Å². The molecular weight excluding hydrogens is 538 g/mol. The summed E-state index contributed by atoms with van der Waals surface area (Å²) in [6, 6.07) is 8.88. The SMILES string of the molecule is CC1(N)CCN(c2cnc(Sc3cccc(NCc4ccc(N5CCC(=O)NC5=O)cn4)c3Cl)c(N)n2)CC1. The number of rotatable bonds is 7. The predicted molar refractivity (Wildman–Crippen MR) is 153 cm³/mol. The molecule has 4 heterocycles. The first kappa shape index (κ1) is 27.0. The van der Waals surface area contributed by atoms with E-state index in [2.05, 4.69) is 37.4 Å². The molecule has 5 rings (SSSR count). The number of nitrogens with zero attached hydrogens (tertiary/aromatic N) is 5. The van der Waals surface area contributed by atoms with E-state index in [1.165, 1.54) is 16.7 Å². The maximum absolute atomic E-state index is 12.0. The average Bonchev–Trinajstić information content (AvgIpc) is 2.91. The van der Waals surface area contributed by atoms with Crippen LogP contribution in [0, 0.1) is 0 Å². The van der Waals surface area contributed by atoms with E-state index in [0.29, 0.717) is 34.6 Å². The molecule has 1 aromatic carbocycles. The summed E-state index contributed by atoms with van der Waals surface area (Å²) in [5.74, 6) is 0.831. The van der Waals surface area contributed by atoms with Crippen molar-refractivity contribution in [1.82, 2.24) is 20.3 Å². The number of hydrogen-bond donors (Lipinski definition) is 4. The summed E-state index contributed by atoms with van der Waals surface area (Å²) in [4.78, 5) is 41.5. The number of carbonyl (C=O) groups is 2. The van der Waals surface area contributed by atoms with Crippen LogP contribution in [0.5, 0.6) is 0 Å². The molecule has 3 aromatic rings. The largest absolute Gasteiger partial charge is 0.381 e. The van der Waals surface area contributed by atoms with Crippen LogP contribution in [0.1, 0.15) is 31.9 Å². The lowest BCUT2D eigenvalue weighted by Gasteiger charge is -2.37. The Labute approximate surface area is 235 Å². The molecular formula is C26H30ClN9O2S. The van der Waals surface area contributed by atoms with Gasteiger partial charge >= 0.3 is 6.03 Å². The normalized spacial score (nSPS) is 17.2. The number of imide groups is 1. The quantitative estimate of drug-likeness (QED) is 0.332. The molecule has 2 fully saturated rings. The minimum Gasteiger partial charge on any atom is -0.381 e. The lowest BCUT2D eigenvalue weighted by atomic mass is 9.91. The van der Waals surface area contributed by atoms with Crippen molar-refractivity contribution < 1.29 is 9.59 Å². The number of urea groups is 1. The van der Waals surface area contributed by atoms with Crippen LogP contribution in [0.15, 0.2) is 52.6 Å². The molecule has 0 aliphatic carbocycles. The van der Waals surface area contributed by atoms with Gasteiger partial charge < -0.3 is 21.7 Å². The van der Waals surface area contributed by atoms with Crippen molar-refractivity contribution in [2.75, 3.05) is 40.5 Å². The number of benzene rings is 1. The fraction of sp³-hybridized carbons (Fsp3) is 0.346. The third-order valence-electron chi connectivity index (χ3n) is 6.79. The van der Waals surface area contributed by atoms with Crippen molar-refractivity contribution >= 4 is 58.3 Å². The number of anilines is 4. The van der Waals surface area contributed by atoms with Gasteiger partial charge in [-0.1, -0.05) is 29.4 Å². The summed E-state index contributed by atoms with van der Waals surface area (Å²) < 4.78 is 0. The van der Waals surface area contributed by atoms with Gasteiger partial charge in [-0.15, -0.1) is 0 Å². The second-order valence-electron chi connectivity index (χ2n) is 9.90. The molecule has 0 bridgehead atoms. The number of pyridine rings is 1. The van der Waals surface area contributed by atoms with Gasteiger partial charge in [0, 0.05) is 36.5 Å². The zero-order valence-electron chi connectivity index (χ0n) is 21.5. The average molecular weight is 568 g/mol. The molecule has 39 heavy (non-hydrogen) atoms. The standard InChI is InChI=1S/C26H30ClN9O2S/c1-26(29)8-11-35(12-9-26)20-15-32-24(23(28)33-20)39-19-4-2-3-18(22(19)27)31-13-16-5-6-17(14-30-16)36-10-7-21(37)34-25(36)38/h2-6,14-15,31H,7-13,29H2,1H3,(H2,28,33)(H,34,37,38). The first-order valence-corrected chi connectivity index (χ1v) is 13.8. The molecule has 0 spiro atoms. The summed E-state index contributed by atoms with van der Waals surface area (Å²) in [6.07, 6.45) is 5.39. The number of piperidine rings is 1. The number of aromatic nitrogens is 3. The maximum Gasteiger partial charge on any atom is 0.328 e. The van der Waals surface area contributed by atoms with E-state index >= 15 is 0 Å². The van der Waals surface area contributed by atoms with Crippen LogP contribution in [0.2, 0.25) is 5.02 Å². The van der Waals surface area contributed by atoms with Crippen LogP contribution in [-0.2, 0) is 11.3 Å². The highest BCUT2D eigenvalue weighted by Gasteiger charge is 2.27. The summed E-state index contributed by atoms with van der Waals surface area (Å²) in [6.45, 7) is 4.46. The summed E-state index contributed by atoms with van der Waals surface area (Å²) in [5.41, 5.74) is 14.5. The fourth-order valence-electron chi connectivity index (χ4n) is 4.37. The van der Waals surface area contributed by atoms with Crippen molar-refractivity contribution in [1.29, 1.82) is 0 Å². The zero-order valence-corrected chi connectivity index (χ0v) is 23.1. The van der Waals surface area contributed by atoms with Gasteiger partial charge in [-0.05, 0) is 44.0 Å². The van der Waals surface area contributed by atoms with Crippen molar-refractivity contribution in [2.45, 2.75) is 48.2 Å². The molecule has 2 saturated heterocycles. The smallest absolute Gasteiger partial charge is 0.328 e. The van der Waals surface area contributed by atoms with Crippen molar-refractivity contribution in [3.05, 3.63) is 53.4 Å². The van der Waals surface area contributed by atoms with Crippen molar-refractivity contribution in [3.8, 4) is 0 Å². The summed E-state index contributed by atoms with van der Waals surface area (Å²) in [7, 11) is 0. The molecule has 2 aromatic heterocycles. The predicted octanol–water partition coefficient (Wildman–Crippen LogP) is 3.63. The molecule has 0 radical (unpaired) electrons. The van der Waals surface area contributed by atoms with E-state index < -0.39 is 6.03 Å². The van der Waals surface area contributed by atoms with E-state index in [1.807, 2.05) is 24.3 Å². The Hall–Kier alpha value is -3.61. The highest BCUT2D eigenvalue weighted by Crippen LogP contribution is 2.39. The highest BCUT2D eigenvalue weighted by molar-refractivity contribution is 7.99.